The minimum absolute atomic E-state index is 0.0640. The van der Waals surface area contributed by atoms with E-state index in [-0.39, 0.29) is 30.3 Å². The number of hydrogen-bond acceptors (Lipinski definition) is 10. The van der Waals surface area contributed by atoms with E-state index in [9.17, 15) is 9.65 Å². The Morgan fingerprint density at radius 1 is 1.59 bits per heavy atom. The van der Waals surface area contributed by atoms with Gasteiger partial charge in [-0.1, -0.05) is 11.8 Å². The van der Waals surface area contributed by atoms with Crippen LogP contribution in [0.3, 0.4) is 0 Å². The second kappa shape index (κ2) is 11.1. The van der Waals surface area contributed by atoms with Crippen molar-refractivity contribution < 1.29 is 18.6 Å². The summed E-state index contributed by atoms with van der Waals surface area (Å²) in [7, 11) is 1.54. The Hall–Kier alpha value is -2.21. The van der Waals surface area contributed by atoms with Crippen molar-refractivity contribution in [2.75, 3.05) is 20.3 Å². The molecule has 0 aliphatic carbocycles. The van der Waals surface area contributed by atoms with Crippen molar-refractivity contribution in [2.45, 2.75) is 35.6 Å². The Morgan fingerprint density at radius 2 is 2.38 bits per heavy atom. The highest BCUT2D eigenvalue weighted by Gasteiger charge is 2.35. The normalized spacial score (nSPS) is 20.3. The molecule has 3 heterocycles. The Labute approximate surface area is 197 Å². The van der Waals surface area contributed by atoms with Crippen LogP contribution in [0, 0.1) is 17.1 Å². The van der Waals surface area contributed by atoms with Crippen LogP contribution >= 0.6 is 27.7 Å². The minimum Gasteiger partial charge on any atom is -0.382 e. The maximum Gasteiger partial charge on any atom is 0.161 e. The van der Waals surface area contributed by atoms with Crippen LogP contribution < -0.4 is 11.6 Å². The van der Waals surface area contributed by atoms with Gasteiger partial charge in [0, 0.05) is 22.7 Å². The van der Waals surface area contributed by atoms with Gasteiger partial charge in [-0.05, 0) is 28.9 Å². The number of pyridine rings is 1. The van der Waals surface area contributed by atoms with E-state index in [1.54, 1.807) is 12.3 Å². The molecule has 4 N–H and O–H groups in total. The van der Waals surface area contributed by atoms with E-state index < -0.39 is 17.4 Å². The molecule has 13 heteroatoms. The fourth-order valence-corrected chi connectivity index (χ4v) is 4.49. The fourth-order valence-electron chi connectivity index (χ4n) is 2.80. The number of ether oxygens (including phenoxy) is 3. The molecule has 172 valence electrons. The highest BCUT2D eigenvalue weighted by molar-refractivity contribution is 9.10. The number of hydrazine groups is 1. The topological polar surface area (TPSA) is 137 Å². The van der Waals surface area contributed by atoms with Crippen LogP contribution in [0.5, 0.6) is 0 Å². The highest BCUT2D eigenvalue weighted by atomic mass is 79.9. The number of hydrogen-bond donors (Lipinski definition) is 2. The number of methoxy groups -OCH3 is 1. The van der Waals surface area contributed by atoms with E-state index in [4.69, 9.17) is 25.8 Å². The zero-order chi connectivity index (χ0) is 23.3. The lowest BCUT2D eigenvalue weighted by Gasteiger charge is -2.38. The van der Waals surface area contributed by atoms with E-state index >= 15 is 0 Å². The van der Waals surface area contributed by atoms with Gasteiger partial charge < -0.3 is 25.0 Å². The summed E-state index contributed by atoms with van der Waals surface area (Å²) in [4.78, 5) is 4.78. The van der Waals surface area contributed by atoms with Crippen LogP contribution in [0.25, 0.3) is 5.82 Å². The minimum atomic E-state index is -0.539. The molecule has 3 unspecified atom stereocenters. The lowest BCUT2D eigenvalue weighted by atomic mass is 10.1. The van der Waals surface area contributed by atoms with Gasteiger partial charge in [0.2, 0.25) is 0 Å². The second-order valence-electron chi connectivity index (χ2n) is 6.94. The Bertz CT molecular complexity index is 1000. The van der Waals surface area contributed by atoms with Crippen LogP contribution in [0.4, 0.5) is 4.39 Å². The van der Waals surface area contributed by atoms with Gasteiger partial charge in [-0.15, -0.1) is 0 Å². The zero-order valence-corrected chi connectivity index (χ0v) is 19.8. The van der Waals surface area contributed by atoms with Gasteiger partial charge in [0.15, 0.2) is 11.5 Å². The molecule has 0 spiro atoms. The number of nitrogens with zero attached hydrogens (tertiary/aromatic N) is 5. The van der Waals surface area contributed by atoms with Crippen LogP contribution in [0.15, 0.2) is 40.2 Å². The molecule has 10 nitrogen and oxygen atoms in total. The molecule has 1 aliphatic heterocycles. The molecule has 0 bridgehead atoms. The molecule has 0 saturated carbocycles. The molecular formula is C19H23BrFN7O3S. The third-order valence-corrected chi connectivity index (χ3v) is 6.28. The predicted molar refractivity (Wildman–Crippen MR) is 119 cm³/mol. The van der Waals surface area contributed by atoms with Crippen LogP contribution in [0.1, 0.15) is 12.6 Å². The van der Waals surface area contributed by atoms with Gasteiger partial charge in [-0.2, -0.15) is 10.4 Å². The molecule has 3 rings (SSSR count). The van der Waals surface area contributed by atoms with E-state index in [2.05, 4.69) is 32.1 Å². The highest BCUT2D eigenvalue weighted by Crippen LogP contribution is 2.34. The third kappa shape index (κ3) is 6.18. The largest absolute Gasteiger partial charge is 0.382 e. The summed E-state index contributed by atoms with van der Waals surface area (Å²) >= 11 is 4.69. The van der Waals surface area contributed by atoms with Crippen LogP contribution in [-0.2, 0) is 14.2 Å². The molecule has 4 atom stereocenters. The molecule has 2 aromatic rings. The van der Waals surface area contributed by atoms with Crippen molar-refractivity contribution in [1.82, 2.24) is 19.8 Å². The summed E-state index contributed by atoms with van der Waals surface area (Å²) in [5.74, 6) is 5.72. The van der Waals surface area contributed by atoms with Gasteiger partial charge in [-0.25, -0.2) is 19.9 Å². The van der Waals surface area contributed by atoms with Crippen molar-refractivity contribution in [3.05, 3.63) is 46.8 Å². The molecular weight excluding hydrogens is 505 g/mol. The SMILES string of the molecule is CO[C@@H](CN(N)/C=C(\N)n1cc(F)cn1)C(OC1COC1C)Sc1cc(Br)cnc1C#N. The Morgan fingerprint density at radius 3 is 2.94 bits per heavy atom. The van der Waals surface area contributed by atoms with Crippen molar-refractivity contribution in [2.24, 2.45) is 11.6 Å². The second-order valence-corrected chi connectivity index (χ2v) is 9.00. The number of halogens is 2. The summed E-state index contributed by atoms with van der Waals surface area (Å²) < 4.78 is 32.4. The fraction of sp³-hybridized carbons (Fsp3) is 0.421. The molecule has 1 aliphatic rings. The number of thioether (sulfide) groups is 1. The van der Waals surface area contributed by atoms with Crippen molar-refractivity contribution in [3.8, 4) is 6.07 Å². The van der Waals surface area contributed by atoms with Gasteiger partial charge in [0.05, 0.1) is 37.8 Å². The van der Waals surface area contributed by atoms with Gasteiger partial charge in [-0.3, -0.25) is 0 Å². The summed E-state index contributed by atoms with van der Waals surface area (Å²) in [6, 6.07) is 3.88. The molecule has 0 radical (unpaired) electrons. The average Bonchev–Trinajstić information content (AvgIpc) is 3.20. The van der Waals surface area contributed by atoms with Crippen molar-refractivity contribution in [3.63, 3.8) is 0 Å². The van der Waals surface area contributed by atoms with Crippen molar-refractivity contribution in [1.29, 1.82) is 5.26 Å². The van der Waals surface area contributed by atoms with E-state index in [0.717, 1.165) is 16.9 Å². The van der Waals surface area contributed by atoms with Gasteiger partial charge in [0.1, 0.15) is 29.5 Å². The maximum atomic E-state index is 13.2. The summed E-state index contributed by atoms with van der Waals surface area (Å²) in [5, 5.41) is 14.5. The summed E-state index contributed by atoms with van der Waals surface area (Å²) in [6.45, 7) is 2.56. The molecule has 2 aromatic heterocycles. The number of rotatable bonds is 10. The number of aromatic nitrogens is 3. The molecule has 0 amide bonds. The van der Waals surface area contributed by atoms with E-state index in [0.29, 0.717) is 11.5 Å². The molecule has 1 saturated heterocycles. The average molecular weight is 528 g/mol. The number of nitrogens with two attached hydrogens (primary N) is 2. The third-order valence-electron chi connectivity index (χ3n) is 4.64. The van der Waals surface area contributed by atoms with Crippen LogP contribution in [0.2, 0.25) is 0 Å². The quantitative estimate of drug-likeness (QED) is 0.204. The lowest BCUT2D eigenvalue weighted by Crippen LogP contribution is -2.50. The number of nitriles is 1. The monoisotopic (exact) mass is 527 g/mol. The van der Waals surface area contributed by atoms with E-state index in [1.165, 1.54) is 34.8 Å². The summed E-state index contributed by atoms with van der Waals surface area (Å²) in [5.41, 5.74) is 5.67. The smallest absolute Gasteiger partial charge is 0.161 e. The van der Waals surface area contributed by atoms with Crippen LogP contribution in [-0.4, -0.2) is 63.8 Å². The first kappa shape index (κ1) is 24.4. The van der Waals surface area contributed by atoms with E-state index in [1.807, 2.05) is 6.92 Å². The summed E-state index contributed by atoms with van der Waals surface area (Å²) in [6.07, 6.45) is 4.43. The standard InChI is InChI=1S/C19H23BrFN7O3S/c1-11-16(10-30-11)31-19(32-17-3-12(20)5-25-14(17)4-22)15(29-2)8-27(24)9-18(23)28-7-13(21)6-26-28/h3,5-7,9,11,15-16,19H,8,10,23-24H2,1-2H3/b18-9+/t11?,15-,16?,19?/m0/s1. The predicted octanol–water partition coefficient (Wildman–Crippen LogP) is 1.88. The first-order chi connectivity index (χ1) is 15.3. The van der Waals surface area contributed by atoms with Gasteiger partial charge >= 0.3 is 0 Å². The van der Waals surface area contributed by atoms with Crippen molar-refractivity contribution >= 4 is 33.5 Å². The van der Waals surface area contributed by atoms with Gasteiger partial charge in [0.25, 0.3) is 0 Å². The maximum absolute atomic E-state index is 13.2. The Balaban J connectivity index is 1.78. The Kier molecular flexibility index (Phi) is 8.46. The first-order valence-electron chi connectivity index (χ1n) is 9.52. The molecule has 0 aromatic carbocycles. The first-order valence-corrected chi connectivity index (χ1v) is 11.2. The zero-order valence-electron chi connectivity index (χ0n) is 17.4. The lowest BCUT2D eigenvalue weighted by molar-refractivity contribution is -0.198. The molecule has 32 heavy (non-hydrogen) atoms. The molecule has 1 fully saturated rings.